The Labute approximate surface area is 137 Å². The van der Waals surface area contributed by atoms with E-state index in [-0.39, 0.29) is 17.5 Å². The van der Waals surface area contributed by atoms with E-state index in [0.717, 1.165) is 5.56 Å². The third kappa shape index (κ3) is 5.06. The molecule has 2 N–H and O–H groups in total. The first-order chi connectivity index (χ1) is 10.4. The van der Waals surface area contributed by atoms with Gasteiger partial charge in [-0.25, -0.2) is 8.42 Å². The molecule has 1 aromatic carbocycles. The summed E-state index contributed by atoms with van der Waals surface area (Å²) in [6.45, 7) is 4.30. The van der Waals surface area contributed by atoms with Gasteiger partial charge >= 0.3 is 0 Å². The van der Waals surface area contributed by atoms with Gasteiger partial charge in [0, 0.05) is 6.04 Å². The van der Waals surface area contributed by atoms with E-state index in [9.17, 15) is 8.42 Å². The molecule has 1 saturated heterocycles. The summed E-state index contributed by atoms with van der Waals surface area (Å²) in [5.74, 6) is 0.858. The highest BCUT2D eigenvalue weighted by Gasteiger charge is 2.28. The van der Waals surface area contributed by atoms with Crippen LogP contribution in [0.1, 0.15) is 37.3 Å². The third-order valence-electron chi connectivity index (χ3n) is 3.55. The largest absolute Gasteiger partial charge is 0.358 e. The van der Waals surface area contributed by atoms with E-state index in [1.807, 2.05) is 12.1 Å². The molecule has 0 aliphatic carbocycles. The van der Waals surface area contributed by atoms with Crippen molar-refractivity contribution >= 4 is 33.4 Å². The van der Waals surface area contributed by atoms with Crippen molar-refractivity contribution in [2.45, 2.75) is 32.2 Å². The lowest BCUT2D eigenvalue weighted by Gasteiger charge is -2.12. The summed E-state index contributed by atoms with van der Waals surface area (Å²) in [5.41, 5.74) is 4.98. The van der Waals surface area contributed by atoms with Crippen molar-refractivity contribution < 1.29 is 8.42 Å². The van der Waals surface area contributed by atoms with E-state index >= 15 is 0 Å². The van der Waals surface area contributed by atoms with Crippen LogP contribution in [-0.2, 0) is 9.84 Å². The minimum Gasteiger partial charge on any atom is -0.358 e. The lowest BCUT2D eigenvalue weighted by molar-refractivity contribution is 0.600. The average molecular weight is 339 g/mol. The van der Waals surface area contributed by atoms with E-state index in [0.29, 0.717) is 17.5 Å². The molecule has 1 aliphatic heterocycles. The molecule has 0 radical (unpaired) electrons. The van der Waals surface area contributed by atoms with Gasteiger partial charge in [-0.15, -0.1) is 0 Å². The Morgan fingerprint density at radius 2 is 2.05 bits per heavy atom. The number of thiocarbonyl (C=S) groups is 1. The molecule has 1 heterocycles. The maximum atomic E-state index is 11.4. The van der Waals surface area contributed by atoms with Gasteiger partial charge < -0.3 is 5.32 Å². The highest BCUT2D eigenvalue weighted by Crippen LogP contribution is 2.14. The molecule has 1 fully saturated rings. The molecular weight excluding hydrogens is 318 g/mol. The molecule has 0 unspecified atom stereocenters. The van der Waals surface area contributed by atoms with Gasteiger partial charge in [-0.3, -0.25) is 5.43 Å². The molecule has 2 rings (SSSR count). The zero-order valence-corrected chi connectivity index (χ0v) is 14.4. The molecule has 22 heavy (non-hydrogen) atoms. The van der Waals surface area contributed by atoms with E-state index in [4.69, 9.17) is 12.2 Å². The highest BCUT2D eigenvalue weighted by molar-refractivity contribution is 7.91. The summed E-state index contributed by atoms with van der Waals surface area (Å²) in [6.07, 6.45) is 2.27. The summed E-state index contributed by atoms with van der Waals surface area (Å²) in [7, 11) is -2.90. The van der Waals surface area contributed by atoms with Crippen molar-refractivity contribution in [1.82, 2.24) is 10.7 Å². The Morgan fingerprint density at radius 3 is 2.59 bits per heavy atom. The van der Waals surface area contributed by atoms with Crippen LogP contribution in [0.4, 0.5) is 0 Å². The molecule has 0 aromatic heterocycles. The lowest BCUT2D eigenvalue weighted by atomic mass is 10.0. The standard InChI is InChI=1S/C15H21N3O2S2/c1-11(2)13-5-3-12(4-6-13)9-16-18-15(21)17-14-7-8-22(19,20)10-14/h3-6,9,11,14H,7-8,10H2,1-2H3,(H2,17,18,21)/b16-9-/t14-/m1/s1. The van der Waals surface area contributed by atoms with Crippen LogP contribution < -0.4 is 10.7 Å². The molecule has 1 atom stereocenters. The molecule has 0 bridgehead atoms. The SMILES string of the molecule is CC(C)c1ccc(/C=N\NC(=S)N[C@@H]2CCS(=O)(=O)C2)cc1. The van der Waals surface area contributed by atoms with Crippen LogP contribution in [0, 0.1) is 0 Å². The second-order valence-corrected chi connectivity index (χ2v) is 8.40. The van der Waals surface area contributed by atoms with Gasteiger partial charge in [-0.05, 0) is 35.7 Å². The Bertz CT molecular complexity index is 652. The van der Waals surface area contributed by atoms with Crippen LogP contribution in [0.25, 0.3) is 0 Å². The van der Waals surface area contributed by atoms with Crippen LogP contribution in [0.3, 0.4) is 0 Å². The van der Waals surface area contributed by atoms with Crippen LogP contribution in [0.15, 0.2) is 29.4 Å². The fraction of sp³-hybridized carbons (Fsp3) is 0.467. The van der Waals surface area contributed by atoms with E-state index in [2.05, 4.69) is 41.8 Å². The quantitative estimate of drug-likeness (QED) is 0.497. The van der Waals surface area contributed by atoms with E-state index in [1.54, 1.807) is 6.21 Å². The number of hydrazone groups is 1. The minimum atomic E-state index is -2.90. The zero-order valence-electron chi connectivity index (χ0n) is 12.7. The van der Waals surface area contributed by atoms with Gasteiger partial charge in [0.05, 0.1) is 17.7 Å². The average Bonchev–Trinajstić information content (AvgIpc) is 2.78. The second kappa shape index (κ2) is 7.19. The topological polar surface area (TPSA) is 70.6 Å². The highest BCUT2D eigenvalue weighted by atomic mass is 32.2. The summed E-state index contributed by atoms with van der Waals surface area (Å²) >= 11 is 5.11. The monoisotopic (exact) mass is 339 g/mol. The van der Waals surface area contributed by atoms with Crippen molar-refractivity contribution in [1.29, 1.82) is 0 Å². The smallest absolute Gasteiger partial charge is 0.187 e. The van der Waals surface area contributed by atoms with Gasteiger partial charge in [0.15, 0.2) is 14.9 Å². The maximum absolute atomic E-state index is 11.4. The van der Waals surface area contributed by atoms with Gasteiger partial charge in [0.1, 0.15) is 0 Å². The van der Waals surface area contributed by atoms with Gasteiger partial charge in [-0.2, -0.15) is 5.10 Å². The maximum Gasteiger partial charge on any atom is 0.187 e. The fourth-order valence-electron chi connectivity index (χ4n) is 2.26. The first-order valence-corrected chi connectivity index (χ1v) is 9.48. The van der Waals surface area contributed by atoms with Crippen LogP contribution >= 0.6 is 12.2 Å². The number of benzene rings is 1. The van der Waals surface area contributed by atoms with Gasteiger partial charge in [0.2, 0.25) is 0 Å². The minimum absolute atomic E-state index is 0.120. The van der Waals surface area contributed by atoms with Gasteiger partial charge in [-0.1, -0.05) is 38.1 Å². The van der Waals surface area contributed by atoms with Crippen molar-refractivity contribution in [3.05, 3.63) is 35.4 Å². The summed E-state index contributed by atoms with van der Waals surface area (Å²) in [4.78, 5) is 0. The first-order valence-electron chi connectivity index (χ1n) is 7.26. The number of nitrogens with one attached hydrogen (secondary N) is 2. The summed E-state index contributed by atoms with van der Waals surface area (Å²) in [6, 6.07) is 8.03. The Morgan fingerprint density at radius 1 is 1.36 bits per heavy atom. The van der Waals surface area contributed by atoms with E-state index in [1.165, 1.54) is 5.56 Å². The van der Waals surface area contributed by atoms with Crippen LogP contribution in [-0.4, -0.2) is 37.3 Å². The normalized spacial score (nSPS) is 20.4. The molecule has 0 spiro atoms. The van der Waals surface area contributed by atoms with Crippen molar-refractivity contribution in [2.75, 3.05) is 11.5 Å². The van der Waals surface area contributed by atoms with Crippen molar-refractivity contribution in [3.63, 3.8) is 0 Å². The van der Waals surface area contributed by atoms with E-state index < -0.39 is 9.84 Å². The van der Waals surface area contributed by atoms with Gasteiger partial charge in [0.25, 0.3) is 0 Å². The number of nitrogens with zero attached hydrogens (tertiary/aromatic N) is 1. The molecule has 7 heteroatoms. The molecule has 5 nitrogen and oxygen atoms in total. The lowest BCUT2D eigenvalue weighted by Crippen LogP contribution is -2.40. The number of rotatable bonds is 4. The first kappa shape index (κ1) is 16.9. The molecule has 0 amide bonds. The number of sulfone groups is 1. The number of hydrogen-bond acceptors (Lipinski definition) is 4. The Balaban J connectivity index is 1.80. The fourth-order valence-corrected chi connectivity index (χ4v) is 4.15. The molecule has 0 saturated carbocycles. The van der Waals surface area contributed by atoms with Crippen molar-refractivity contribution in [2.24, 2.45) is 5.10 Å². The molecule has 1 aromatic rings. The second-order valence-electron chi connectivity index (χ2n) is 5.76. The summed E-state index contributed by atoms with van der Waals surface area (Å²) in [5, 5.41) is 7.38. The molecule has 120 valence electrons. The zero-order chi connectivity index (χ0) is 16.2. The van der Waals surface area contributed by atoms with Crippen LogP contribution in [0.2, 0.25) is 0 Å². The Kier molecular flexibility index (Phi) is 5.52. The Hall–Kier alpha value is -1.47. The molecule has 1 aliphatic rings. The predicted molar refractivity (Wildman–Crippen MR) is 94.1 cm³/mol. The third-order valence-corrected chi connectivity index (χ3v) is 5.53. The summed E-state index contributed by atoms with van der Waals surface area (Å²) < 4.78 is 22.7. The number of hydrogen-bond donors (Lipinski definition) is 2. The van der Waals surface area contributed by atoms with Crippen LogP contribution in [0.5, 0.6) is 0 Å². The molecular formula is C15H21N3O2S2. The van der Waals surface area contributed by atoms with Crippen molar-refractivity contribution in [3.8, 4) is 0 Å². The predicted octanol–water partition coefficient (Wildman–Crippen LogP) is 1.80.